The number of nitrogens with one attached hydrogen (secondary N) is 1. The number of hydrogen-bond acceptors (Lipinski definition) is 11. The van der Waals surface area contributed by atoms with Gasteiger partial charge in [-0.25, -0.2) is 0 Å². The molecule has 2 rings (SSSR count). The Morgan fingerprint density at radius 2 is 1.52 bits per heavy atom. The lowest BCUT2D eigenvalue weighted by molar-refractivity contribution is -0.346. The fourth-order valence-electron chi connectivity index (χ4n) is 3.16. The molecule has 10 atom stereocenters. The highest BCUT2D eigenvalue weighted by Crippen LogP contribution is 2.29. The number of hydrogen-bond donors (Lipinski definition) is 7. The summed E-state index contributed by atoms with van der Waals surface area (Å²) in [5, 5.41) is 61.6. The van der Waals surface area contributed by atoms with E-state index in [0.717, 1.165) is 0 Å². The molecule has 0 aromatic carbocycles. The van der Waals surface area contributed by atoms with Crippen LogP contribution in [0.25, 0.3) is 0 Å². The van der Waals surface area contributed by atoms with Crippen LogP contribution in [-0.2, 0) is 23.7 Å². The van der Waals surface area contributed by atoms with Crippen molar-refractivity contribution in [2.24, 2.45) is 0 Å². The van der Waals surface area contributed by atoms with Gasteiger partial charge >= 0.3 is 0 Å². The Labute approximate surface area is 155 Å². The maximum Gasteiger partial charge on any atom is 0.217 e. The van der Waals surface area contributed by atoms with Crippen LogP contribution in [0.4, 0.5) is 0 Å². The summed E-state index contributed by atoms with van der Waals surface area (Å²) in [5.74, 6) is -0.473. The average molecular weight is 397 g/mol. The zero-order valence-electron chi connectivity index (χ0n) is 14.9. The van der Waals surface area contributed by atoms with Gasteiger partial charge in [-0.3, -0.25) is 4.79 Å². The van der Waals surface area contributed by atoms with Crippen LogP contribution >= 0.6 is 0 Å². The molecule has 0 aliphatic carbocycles. The number of aliphatic hydroxyl groups is 6. The third-order valence-electron chi connectivity index (χ3n) is 4.59. The number of methoxy groups -OCH3 is 1. The predicted molar refractivity (Wildman–Crippen MR) is 85.0 cm³/mol. The fourth-order valence-corrected chi connectivity index (χ4v) is 3.16. The molecule has 0 unspecified atom stereocenters. The predicted octanol–water partition coefficient (Wildman–Crippen LogP) is -4.60. The first kappa shape index (κ1) is 22.4. The smallest absolute Gasteiger partial charge is 0.217 e. The van der Waals surface area contributed by atoms with Gasteiger partial charge in [-0.2, -0.15) is 0 Å². The molecule has 0 bridgehead atoms. The number of rotatable bonds is 6. The largest absolute Gasteiger partial charge is 0.394 e. The van der Waals surface area contributed by atoms with E-state index < -0.39 is 80.5 Å². The minimum absolute atomic E-state index is 0.473. The lowest BCUT2D eigenvalue weighted by Gasteiger charge is -2.46. The molecule has 1 amide bonds. The van der Waals surface area contributed by atoms with Crippen LogP contribution in [0.2, 0.25) is 0 Å². The highest BCUT2D eigenvalue weighted by molar-refractivity contribution is 5.73. The van der Waals surface area contributed by atoms with Crippen LogP contribution < -0.4 is 5.32 Å². The number of aliphatic hydroxyl groups excluding tert-OH is 6. The lowest BCUT2D eigenvalue weighted by atomic mass is 9.95. The Kier molecular flexibility index (Phi) is 7.88. The molecule has 158 valence electrons. The summed E-state index contributed by atoms with van der Waals surface area (Å²) >= 11 is 0. The summed E-state index contributed by atoms with van der Waals surface area (Å²) in [7, 11) is 1.29. The van der Waals surface area contributed by atoms with E-state index in [9.17, 15) is 35.4 Å². The highest BCUT2D eigenvalue weighted by atomic mass is 16.7. The van der Waals surface area contributed by atoms with E-state index >= 15 is 0 Å². The summed E-state index contributed by atoms with van der Waals surface area (Å²) < 4.78 is 21.3. The summed E-state index contributed by atoms with van der Waals surface area (Å²) in [4.78, 5) is 11.4. The quantitative estimate of drug-likeness (QED) is 0.228. The minimum Gasteiger partial charge on any atom is -0.394 e. The zero-order chi connectivity index (χ0) is 20.3. The SMILES string of the molecule is CO[C@H]1O[C@H](CO)[C@@H](O[C@@H]2O[C@H](CO)[C@@H](O)[C@H](O)[C@H]2O)[C@H](O)[C@H]1NC(C)=O. The van der Waals surface area contributed by atoms with E-state index in [1.54, 1.807) is 0 Å². The van der Waals surface area contributed by atoms with Gasteiger partial charge in [-0.1, -0.05) is 0 Å². The molecule has 0 aromatic rings. The number of ether oxygens (including phenoxy) is 4. The van der Waals surface area contributed by atoms with E-state index in [2.05, 4.69) is 5.32 Å². The fraction of sp³-hybridized carbons (Fsp3) is 0.933. The van der Waals surface area contributed by atoms with Crippen LogP contribution in [0.3, 0.4) is 0 Å². The van der Waals surface area contributed by atoms with Crippen molar-refractivity contribution in [3.05, 3.63) is 0 Å². The standard InChI is InChI=1S/C15H27NO11/c1-5(19)16-8-10(21)13(7(4-18)26-14(8)24-2)27-15-12(23)11(22)9(20)6(3-17)25-15/h6-15,17-18,20-23H,3-4H2,1-2H3,(H,16,19)/t6-,7-,8-,9-,10-,11+,12-,13-,14+,15+/m1/s1. The van der Waals surface area contributed by atoms with Gasteiger partial charge in [0.15, 0.2) is 12.6 Å². The Bertz CT molecular complexity index is 492. The van der Waals surface area contributed by atoms with Gasteiger partial charge in [0, 0.05) is 14.0 Å². The van der Waals surface area contributed by atoms with E-state index in [1.165, 1.54) is 14.0 Å². The molecule has 7 N–H and O–H groups in total. The number of amides is 1. The molecule has 0 radical (unpaired) electrons. The van der Waals surface area contributed by atoms with E-state index in [1.807, 2.05) is 0 Å². The van der Waals surface area contributed by atoms with Gasteiger partial charge in [0.25, 0.3) is 0 Å². The van der Waals surface area contributed by atoms with Gasteiger partial charge < -0.3 is 54.9 Å². The Morgan fingerprint density at radius 1 is 0.926 bits per heavy atom. The third-order valence-corrected chi connectivity index (χ3v) is 4.59. The summed E-state index contributed by atoms with van der Waals surface area (Å²) in [6.07, 6.45) is -12.6. The molecular formula is C15H27NO11. The topological polar surface area (TPSA) is 187 Å². The molecule has 2 aliphatic rings. The van der Waals surface area contributed by atoms with Crippen molar-refractivity contribution in [1.29, 1.82) is 0 Å². The summed E-state index contributed by atoms with van der Waals surface area (Å²) in [6.45, 7) is -0.0188. The maximum absolute atomic E-state index is 11.4. The van der Waals surface area contributed by atoms with Gasteiger partial charge in [-0.15, -0.1) is 0 Å². The van der Waals surface area contributed by atoms with Crippen LogP contribution in [0.1, 0.15) is 6.92 Å². The van der Waals surface area contributed by atoms with Crippen LogP contribution in [0, 0.1) is 0 Å². The maximum atomic E-state index is 11.4. The summed E-state index contributed by atoms with van der Waals surface area (Å²) in [5.41, 5.74) is 0. The lowest BCUT2D eigenvalue weighted by Crippen LogP contribution is -2.67. The van der Waals surface area contributed by atoms with Gasteiger partial charge in [0.1, 0.15) is 48.8 Å². The number of carbonyl (C=O) groups excluding carboxylic acids is 1. The molecule has 12 nitrogen and oxygen atoms in total. The first-order chi connectivity index (χ1) is 12.7. The van der Waals surface area contributed by atoms with Crippen molar-refractivity contribution in [2.45, 2.75) is 68.3 Å². The van der Waals surface area contributed by atoms with Crippen molar-refractivity contribution < 1.29 is 54.4 Å². The van der Waals surface area contributed by atoms with Crippen LogP contribution in [-0.4, -0.2) is 118 Å². The monoisotopic (exact) mass is 397 g/mol. The van der Waals surface area contributed by atoms with Crippen LogP contribution in [0.5, 0.6) is 0 Å². The molecule has 27 heavy (non-hydrogen) atoms. The molecule has 2 fully saturated rings. The Balaban J connectivity index is 2.19. The van der Waals surface area contributed by atoms with Crippen molar-refractivity contribution in [2.75, 3.05) is 20.3 Å². The van der Waals surface area contributed by atoms with Crippen molar-refractivity contribution >= 4 is 5.91 Å². The van der Waals surface area contributed by atoms with E-state index in [0.29, 0.717) is 0 Å². The first-order valence-electron chi connectivity index (χ1n) is 8.45. The molecule has 0 aromatic heterocycles. The second kappa shape index (κ2) is 9.52. The normalized spacial score (nSPS) is 45.5. The first-order valence-corrected chi connectivity index (χ1v) is 8.45. The van der Waals surface area contributed by atoms with E-state index in [-0.39, 0.29) is 0 Å². The van der Waals surface area contributed by atoms with Crippen molar-refractivity contribution in [3.8, 4) is 0 Å². The highest BCUT2D eigenvalue weighted by Gasteiger charge is 2.51. The molecule has 0 spiro atoms. The van der Waals surface area contributed by atoms with Crippen molar-refractivity contribution in [3.63, 3.8) is 0 Å². The molecular weight excluding hydrogens is 370 g/mol. The van der Waals surface area contributed by atoms with Gasteiger partial charge in [0.2, 0.25) is 5.91 Å². The third kappa shape index (κ3) is 4.74. The second-order valence-corrected chi connectivity index (χ2v) is 6.48. The second-order valence-electron chi connectivity index (χ2n) is 6.48. The number of carbonyl (C=O) groups is 1. The molecule has 12 heteroatoms. The Morgan fingerprint density at radius 3 is 2.04 bits per heavy atom. The Hall–Kier alpha value is -0.930. The van der Waals surface area contributed by atoms with Gasteiger partial charge in [0.05, 0.1) is 13.2 Å². The van der Waals surface area contributed by atoms with Gasteiger partial charge in [-0.05, 0) is 0 Å². The molecule has 2 saturated heterocycles. The molecule has 2 heterocycles. The average Bonchev–Trinajstić information content (AvgIpc) is 2.64. The van der Waals surface area contributed by atoms with Crippen molar-refractivity contribution in [1.82, 2.24) is 5.32 Å². The summed E-state index contributed by atoms with van der Waals surface area (Å²) in [6, 6.07) is -1.05. The zero-order valence-corrected chi connectivity index (χ0v) is 14.9. The minimum atomic E-state index is -1.70. The van der Waals surface area contributed by atoms with Crippen LogP contribution in [0.15, 0.2) is 0 Å². The molecule has 2 aliphatic heterocycles. The van der Waals surface area contributed by atoms with E-state index in [4.69, 9.17) is 18.9 Å². The molecule has 0 saturated carbocycles.